The number of hydrogen-bond donors (Lipinski definition) is 1. The van der Waals surface area contributed by atoms with Crippen molar-refractivity contribution in [1.29, 1.82) is 0 Å². The molecule has 1 N–H and O–H groups in total. The summed E-state index contributed by atoms with van der Waals surface area (Å²) in [5, 5.41) is 8.27. The first-order chi connectivity index (χ1) is 13.7. The smallest absolute Gasteiger partial charge is 0.275 e. The maximum Gasteiger partial charge on any atom is 0.275 e. The van der Waals surface area contributed by atoms with E-state index >= 15 is 0 Å². The number of carbonyl (C=O) groups excluding carboxylic acids is 1. The number of nitrogens with one attached hydrogen (secondary N) is 1. The maximum atomic E-state index is 12.4. The summed E-state index contributed by atoms with van der Waals surface area (Å²) in [5.74, 6) is -0.248. The zero-order chi connectivity index (χ0) is 19.3. The molecule has 1 amide bonds. The molecule has 0 atom stereocenters. The van der Waals surface area contributed by atoms with E-state index in [9.17, 15) is 9.59 Å². The molecule has 7 nitrogen and oxygen atoms in total. The number of fused-ring (bicyclic) bond motifs is 1. The molecule has 1 saturated heterocycles. The number of nitrogens with zero attached hydrogens (tertiary/aromatic N) is 3. The molecule has 0 radical (unpaired) electrons. The van der Waals surface area contributed by atoms with Crippen LogP contribution in [0.3, 0.4) is 0 Å². The third-order valence-electron chi connectivity index (χ3n) is 4.86. The SMILES string of the molecule is O=C(Cn1ncc2ccccc2c1=O)NCc1ccc(N2CCOCC2)cc1. The van der Waals surface area contributed by atoms with Crippen molar-refractivity contribution in [1.82, 2.24) is 15.1 Å². The van der Waals surface area contributed by atoms with Gasteiger partial charge in [-0.25, -0.2) is 4.68 Å². The standard InChI is InChI=1S/C21H22N4O3/c26-20(15-25-21(27)19-4-2-1-3-17(19)14-23-25)22-13-16-5-7-18(8-6-16)24-9-11-28-12-10-24/h1-8,14H,9-13,15H2,(H,22,26). The second-order valence-electron chi connectivity index (χ2n) is 6.74. The van der Waals surface area contributed by atoms with Gasteiger partial charge in [0.05, 0.1) is 24.8 Å². The number of hydrogen-bond acceptors (Lipinski definition) is 5. The molecule has 1 fully saturated rings. The van der Waals surface area contributed by atoms with Crippen LogP contribution >= 0.6 is 0 Å². The molecule has 3 aromatic rings. The van der Waals surface area contributed by atoms with Gasteiger partial charge in [0.1, 0.15) is 6.54 Å². The predicted molar refractivity (Wildman–Crippen MR) is 107 cm³/mol. The monoisotopic (exact) mass is 378 g/mol. The Kier molecular flexibility index (Phi) is 5.34. The molecule has 2 aromatic carbocycles. The lowest BCUT2D eigenvalue weighted by Crippen LogP contribution is -2.36. The van der Waals surface area contributed by atoms with Gasteiger partial charge in [-0.15, -0.1) is 0 Å². The predicted octanol–water partition coefficient (Wildman–Crippen LogP) is 1.55. The van der Waals surface area contributed by atoms with Crippen LogP contribution in [0.4, 0.5) is 5.69 Å². The number of carbonyl (C=O) groups is 1. The molecule has 0 bridgehead atoms. The fourth-order valence-electron chi connectivity index (χ4n) is 3.28. The summed E-state index contributed by atoms with van der Waals surface area (Å²) in [7, 11) is 0. The quantitative estimate of drug-likeness (QED) is 0.729. The largest absolute Gasteiger partial charge is 0.378 e. The van der Waals surface area contributed by atoms with Crippen molar-refractivity contribution in [3.05, 3.63) is 70.6 Å². The number of anilines is 1. The minimum absolute atomic E-state index is 0.102. The molecular weight excluding hydrogens is 356 g/mol. The van der Waals surface area contributed by atoms with Crippen LogP contribution in [0.5, 0.6) is 0 Å². The Morgan fingerprint density at radius 2 is 1.82 bits per heavy atom. The van der Waals surface area contributed by atoms with Crippen molar-refractivity contribution < 1.29 is 9.53 Å². The van der Waals surface area contributed by atoms with Crippen LogP contribution in [0, 0.1) is 0 Å². The van der Waals surface area contributed by atoms with E-state index in [0.717, 1.165) is 42.9 Å². The summed E-state index contributed by atoms with van der Waals surface area (Å²) in [6.45, 7) is 3.59. The van der Waals surface area contributed by atoms with Crippen LogP contribution in [-0.4, -0.2) is 42.0 Å². The topological polar surface area (TPSA) is 76.5 Å². The van der Waals surface area contributed by atoms with Gasteiger partial charge in [0.2, 0.25) is 5.91 Å². The Labute approximate surface area is 162 Å². The highest BCUT2D eigenvalue weighted by Gasteiger charge is 2.11. The molecule has 4 rings (SSSR count). The molecule has 1 aliphatic rings. The summed E-state index contributed by atoms with van der Waals surface area (Å²) >= 11 is 0. The van der Waals surface area contributed by atoms with Crippen LogP contribution in [-0.2, 0) is 22.6 Å². The minimum atomic E-state index is -0.261. The van der Waals surface area contributed by atoms with E-state index in [-0.39, 0.29) is 18.0 Å². The molecule has 0 saturated carbocycles. The molecule has 1 aromatic heterocycles. The Balaban J connectivity index is 1.35. The van der Waals surface area contributed by atoms with E-state index < -0.39 is 0 Å². The van der Waals surface area contributed by atoms with Gasteiger partial charge in [0.25, 0.3) is 5.56 Å². The van der Waals surface area contributed by atoms with Crippen molar-refractivity contribution in [2.45, 2.75) is 13.1 Å². The third-order valence-corrected chi connectivity index (χ3v) is 4.86. The van der Waals surface area contributed by atoms with E-state index in [1.807, 2.05) is 24.3 Å². The highest BCUT2D eigenvalue weighted by Crippen LogP contribution is 2.16. The Hall–Kier alpha value is -3.19. The first kappa shape index (κ1) is 18.2. The third kappa shape index (κ3) is 4.04. The van der Waals surface area contributed by atoms with Crippen molar-refractivity contribution in [2.24, 2.45) is 0 Å². The molecule has 144 valence electrons. The molecule has 1 aliphatic heterocycles. The van der Waals surface area contributed by atoms with Gasteiger partial charge in [-0.05, 0) is 23.8 Å². The molecule has 7 heteroatoms. The Bertz CT molecular complexity index is 1020. The lowest BCUT2D eigenvalue weighted by Gasteiger charge is -2.28. The van der Waals surface area contributed by atoms with Gasteiger partial charge < -0.3 is 15.0 Å². The minimum Gasteiger partial charge on any atom is -0.378 e. The zero-order valence-electron chi connectivity index (χ0n) is 15.5. The van der Waals surface area contributed by atoms with Crippen LogP contribution in [0.15, 0.2) is 59.5 Å². The molecule has 0 aliphatic carbocycles. The first-order valence-corrected chi connectivity index (χ1v) is 9.34. The summed E-state index contributed by atoms with van der Waals surface area (Å²) in [6, 6.07) is 15.3. The molecular formula is C21H22N4O3. The fraction of sp³-hybridized carbons (Fsp3) is 0.286. The lowest BCUT2D eigenvalue weighted by atomic mass is 10.2. The van der Waals surface area contributed by atoms with E-state index in [0.29, 0.717) is 11.9 Å². The summed E-state index contributed by atoms with van der Waals surface area (Å²) in [5.41, 5.74) is 1.90. The zero-order valence-corrected chi connectivity index (χ0v) is 15.5. The fourth-order valence-corrected chi connectivity index (χ4v) is 3.28. The average molecular weight is 378 g/mol. The van der Waals surface area contributed by atoms with Gasteiger partial charge >= 0.3 is 0 Å². The van der Waals surface area contributed by atoms with Gasteiger partial charge in [-0.1, -0.05) is 30.3 Å². The van der Waals surface area contributed by atoms with Crippen molar-refractivity contribution in [3.8, 4) is 0 Å². The maximum absolute atomic E-state index is 12.4. The van der Waals surface area contributed by atoms with E-state index in [2.05, 4.69) is 27.4 Å². The molecule has 2 heterocycles. The van der Waals surface area contributed by atoms with Gasteiger partial charge in [0.15, 0.2) is 0 Å². The first-order valence-electron chi connectivity index (χ1n) is 9.34. The van der Waals surface area contributed by atoms with E-state index in [1.165, 1.54) is 4.68 Å². The van der Waals surface area contributed by atoms with Crippen molar-refractivity contribution in [3.63, 3.8) is 0 Å². The molecule has 0 spiro atoms. The highest BCUT2D eigenvalue weighted by molar-refractivity contribution is 5.81. The summed E-state index contributed by atoms with van der Waals surface area (Å²) in [6.07, 6.45) is 1.61. The van der Waals surface area contributed by atoms with Crippen LogP contribution < -0.4 is 15.8 Å². The second-order valence-corrected chi connectivity index (χ2v) is 6.74. The summed E-state index contributed by atoms with van der Waals surface area (Å²) < 4.78 is 6.57. The van der Waals surface area contributed by atoms with Crippen molar-refractivity contribution in [2.75, 3.05) is 31.2 Å². The van der Waals surface area contributed by atoms with Crippen LogP contribution in [0.25, 0.3) is 10.8 Å². The van der Waals surface area contributed by atoms with Crippen LogP contribution in [0.1, 0.15) is 5.56 Å². The highest BCUT2D eigenvalue weighted by atomic mass is 16.5. The van der Waals surface area contributed by atoms with Gasteiger partial charge in [0, 0.05) is 30.7 Å². The van der Waals surface area contributed by atoms with E-state index in [1.54, 1.807) is 18.3 Å². The average Bonchev–Trinajstić information content (AvgIpc) is 2.75. The number of ether oxygens (including phenoxy) is 1. The summed E-state index contributed by atoms with van der Waals surface area (Å²) in [4.78, 5) is 27.0. The Morgan fingerprint density at radius 3 is 2.61 bits per heavy atom. The number of amides is 1. The van der Waals surface area contributed by atoms with E-state index in [4.69, 9.17) is 4.74 Å². The second kappa shape index (κ2) is 8.22. The number of rotatable bonds is 5. The lowest BCUT2D eigenvalue weighted by molar-refractivity contribution is -0.122. The van der Waals surface area contributed by atoms with Gasteiger partial charge in [-0.3, -0.25) is 9.59 Å². The Morgan fingerprint density at radius 1 is 1.07 bits per heavy atom. The number of benzene rings is 2. The normalized spacial score (nSPS) is 14.2. The van der Waals surface area contributed by atoms with Crippen LogP contribution in [0.2, 0.25) is 0 Å². The molecule has 0 unspecified atom stereocenters. The number of morpholine rings is 1. The van der Waals surface area contributed by atoms with Gasteiger partial charge in [-0.2, -0.15) is 5.10 Å². The molecule has 28 heavy (non-hydrogen) atoms. The number of aromatic nitrogens is 2. The van der Waals surface area contributed by atoms with Crippen molar-refractivity contribution >= 4 is 22.4 Å².